The lowest BCUT2D eigenvalue weighted by molar-refractivity contribution is 0.545. The van der Waals surface area contributed by atoms with Gasteiger partial charge < -0.3 is 9.73 Å². The molecule has 126 valence electrons. The van der Waals surface area contributed by atoms with Gasteiger partial charge >= 0.3 is 0 Å². The van der Waals surface area contributed by atoms with Crippen molar-refractivity contribution in [2.45, 2.75) is 20.0 Å². The van der Waals surface area contributed by atoms with Crippen LogP contribution in [0.1, 0.15) is 16.9 Å². The lowest BCUT2D eigenvalue weighted by Gasteiger charge is -2.09. The highest BCUT2D eigenvalue weighted by Gasteiger charge is 2.11. The summed E-state index contributed by atoms with van der Waals surface area (Å²) < 4.78 is 7.45. The van der Waals surface area contributed by atoms with E-state index < -0.39 is 0 Å². The van der Waals surface area contributed by atoms with Gasteiger partial charge in [0.25, 0.3) is 0 Å². The largest absolute Gasteiger partial charge is 0.460 e. The maximum Gasteiger partial charge on any atom is 0.157 e. The Morgan fingerprint density at radius 1 is 1.12 bits per heavy atom. The van der Waals surface area contributed by atoms with Gasteiger partial charge in [-0.25, -0.2) is 9.67 Å². The van der Waals surface area contributed by atoms with Crippen molar-refractivity contribution in [3.8, 4) is 17.3 Å². The Morgan fingerprint density at radius 2 is 2.04 bits per heavy atom. The molecule has 4 rings (SSSR count). The summed E-state index contributed by atoms with van der Waals surface area (Å²) in [5, 5.41) is 14.8. The van der Waals surface area contributed by atoms with Crippen LogP contribution in [0.3, 0.4) is 0 Å². The topological polar surface area (TPSA) is 84.6 Å². The van der Waals surface area contributed by atoms with E-state index in [2.05, 4.69) is 25.6 Å². The number of furan rings is 1. The van der Waals surface area contributed by atoms with E-state index in [0.29, 0.717) is 13.1 Å². The zero-order chi connectivity index (χ0) is 17.1. The number of rotatable bonds is 6. The minimum Gasteiger partial charge on any atom is -0.460 e. The molecule has 2 N–H and O–H groups in total. The molecule has 7 heteroatoms. The summed E-state index contributed by atoms with van der Waals surface area (Å²) in [7, 11) is 0. The molecule has 0 aromatic carbocycles. The number of aryl methyl sites for hydroxylation is 1. The minimum absolute atomic E-state index is 0.666. The Labute approximate surface area is 144 Å². The number of nitrogens with one attached hydrogen (secondary N) is 2. The lowest BCUT2D eigenvalue weighted by atomic mass is 10.2. The highest BCUT2D eigenvalue weighted by atomic mass is 16.3. The second-order valence-electron chi connectivity index (χ2n) is 5.72. The van der Waals surface area contributed by atoms with E-state index >= 15 is 0 Å². The molecule has 0 radical (unpaired) electrons. The first kappa shape index (κ1) is 15.3. The summed E-state index contributed by atoms with van der Waals surface area (Å²) in [6.45, 7) is 3.26. The van der Waals surface area contributed by atoms with E-state index in [1.807, 2.05) is 49.6 Å². The van der Waals surface area contributed by atoms with Crippen LogP contribution in [0.4, 0.5) is 0 Å². The summed E-state index contributed by atoms with van der Waals surface area (Å²) in [6.07, 6.45) is 7.22. The van der Waals surface area contributed by atoms with Crippen molar-refractivity contribution >= 4 is 0 Å². The average Bonchev–Trinajstić information content (AvgIpc) is 3.36. The number of H-pyrrole nitrogens is 1. The van der Waals surface area contributed by atoms with Crippen LogP contribution in [-0.4, -0.2) is 25.0 Å². The fourth-order valence-corrected chi connectivity index (χ4v) is 2.73. The zero-order valence-electron chi connectivity index (χ0n) is 13.8. The highest BCUT2D eigenvalue weighted by Crippen LogP contribution is 2.23. The highest BCUT2D eigenvalue weighted by molar-refractivity contribution is 5.56. The van der Waals surface area contributed by atoms with Crippen LogP contribution in [0.5, 0.6) is 0 Å². The smallest absolute Gasteiger partial charge is 0.157 e. The number of pyridine rings is 1. The van der Waals surface area contributed by atoms with Crippen molar-refractivity contribution in [2.75, 3.05) is 0 Å². The molecule has 0 saturated carbocycles. The third kappa shape index (κ3) is 3.22. The molecule has 0 spiro atoms. The Balaban J connectivity index is 1.47. The van der Waals surface area contributed by atoms with Crippen molar-refractivity contribution in [1.29, 1.82) is 0 Å². The van der Waals surface area contributed by atoms with Crippen LogP contribution in [0.15, 0.2) is 59.5 Å². The molecular weight excluding hydrogens is 316 g/mol. The molecule has 0 aliphatic carbocycles. The van der Waals surface area contributed by atoms with Gasteiger partial charge in [-0.1, -0.05) is 6.07 Å². The summed E-state index contributed by atoms with van der Waals surface area (Å²) >= 11 is 0. The van der Waals surface area contributed by atoms with Gasteiger partial charge in [-0.15, -0.1) is 0 Å². The molecule has 25 heavy (non-hydrogen) atoms. The third-order valence-electron chi connectivity index (χ3n) is 3.92. The molecule has 4 aromatic heterocycles. The van der Waals surface area contributed by atoms with Crippen molar-refractivity contribution < 1.29 is 4.42 Å². The first-order chi connectivity index (χ1) is 12.3. The van der Waals surface area contributed by atoms with E-state index in [4.69, 9.17) is 4.42 Å². The van der Waals surface area contributed by atoms with Gasteiger partial charge in [0.05, 0.1) is 6.20 Å². The van der Waals surface area contributed by atoms with Gasteiger partial charge in [0.1, 0.15) is 11.5 Å². The summed E-state index contributed by atoms with van der Waals surface area (Å²) in [5.74, 6) is 2.50. The summed E-state index contributed by atoms with van der Waals surface area (Å²) in [5.41, 5.74) is 3.03. The van der Waals surface area contributed by atoms with E-state index in [0.717, 1.165) is 34.2 Å². The van der Waals surface area contributed by atoms with Crippen molar-refractivity contribution in [3.05, 3.63) is 72.0 Å². The van der Waals surface area contributed by atoms with Crippen LogP contribution in [0, 0.1) is 6.92 Å². The lowest BCUT2D eigenvalue weighted by Crippen LogP contribution is -2.15. The maximum absolute atomic E-state index is 5.68. The number of hydrogen-bond acceptors (Lipinski definition) is 5. The minimum atomic E-state index is 0.666. The SMILES string of the molecule is Cc1ccc(-c2[nH]ncc2CNCc2cccnc2-n2cccn2)o1. The van der Waals surface area contributed by atoms with Crippen molar-refractivity contribution in [1.82, 2.24) is 30.3 Å². The van der Waals surface area contributed by atoms with Gasteiger partial charge in [0.15, 0.2) is 11.6 Å². The first-order valence-electron chi connectivity index (χ1n) is 8.05. The first-order valence-corrected chi connectivity index (χ1v) is 8.05. The Kier molecular flexibility index (Phi) is 4.14. The molecule has 4 aromatic rings. The molecule has 0 bridgehead atoms. The van der Waals surface area contributed by atoms with Crippen molar-refractivity contribution in [2.24, 2.45) is 0 Å². The Hall–Kier alpha value is -3.19. The quantitative estimate of drug-likeness (QED) is 0.566. The van der Waals surface area contributed by atoms with E-state index in [1.54, 1.807) is 17.1 Å². The molecule has 0 saturated heterocycles. The molecule has 0 unspecified atom stereocenters. The van der Waals surface area contributed by atoms with E-state index in [9.17, 15) is 0 Å². The second kappa shape index (κ2) is 6.74. The predicted molar refractivity (Wildman–Crippen MR) is 92.9 cm³/mol. The van der Waals surface area contributed by atoms with E-state index in [1.165, 1.54) is 0 Å². The monoisotopic (exact) mass is 334 g/mol. The molecule has 0 atom stereocenters. The maximum atomic E-state index is 5.68. The zero-order valence-corrected chi connectivity index (χ0v) is 13.8. The molecule has 0 aliphatic rings. The van der Waals surface area contributed by atoms with Gasteiger partial charge in [0, 0.05) is 42.8 Å². The average molecular weight is 334 g/mol. The van der Waals surface area contributed by atoms with Crippen LogP contribution < -0.4 is 5.32 Å². The Morgan fingerprint density at radius 3 is 2.84 bits per heavy atom. The number of aromatic amines is 1. The number of nitrogens with zero attached hydrogens (tertiary/aromatic N) is 4. The predicted octanol–water partition coefficient (Wildman–Crippen LogP) is 2.85. The molecule has 0 amide bonds. The summed E-state index contributed by atoms with van der Waals surface area (Å²) in [4.78, 5) is 4.43. The molecular formula is C18H18N6O. The van der Waals surface area contributed by atoms with Gasteiger partial charge in [-0.2, -0.15) is 10.2 Å². The standard InChI is InChI=1S/C18H18N6O/c1-13-5-6-16(25-13)17-15(12-21-23-17)11-19-10-14-4-2-7-20-18(14)24-9-3-8-22-24/h2-9,12,19H,10-11H2,1H3,(H,21,23). The van der Waals surface area contributed by atoms with Crippen LogP contribution in [0.2, 0.25) is 0 Å². The van der Waals surface area contributed by atoms with Gasteiger partial charge in [-0.3, -0.25) is 5.10 Å². The number of aromatic nitrogens is 5. The second-order valence-corrected chi connectivity index (χ2v) is 5.72. The third-order valence-corrected chi connectivity index (χ3v) is 3.92. The van der Waals surface area contributed by atoms with Gasteiger partial charge in [0.2, 0.25) is 0 Å². The normalized spacial score (nSPS) is 11.1. The fraction of sp³-hybridized carbons (Fsp3) is 0.167. The van der Waals surface area contributed by atoms with Crippen LogP contribution in [-0.2, 0) is 13.1 Å². The molecule has 4 heterocycles. The number of hydrogen-bond donors (Lipinski definition) is 2. The van der Waals surface area contributed by atoms with E-state index in [-0.39, 0.29) is 0 Å². The molecule has 0 fully saturated rings. The molecule has 7 nitrogen and oxygen atoms in total. The van der Waals surface area contributed by atoms with Crippen LogP contribution in [0.25, 0.3) is 17.3 Å². The fourth-order valence-electron chi connectivity index (χ4n) is 2.73. The molecule has 0 aliphatic heterocycles. The Bertz CT molecular complexity index is 954. The van der Waals surface area contributed by atoms with Crippen molar-refractivity contribution in [3.63, 3.8) is 0 Å². The van der Waals surface area contributed by atoms with Gasteiger partial charge in [-0.05, 0) is 31.2 Å². The summed E-state index contributed by atoms with van der Waals surface area (Å²) in [6, 6.07) is 9.75. The van der Waals surface area contributed by atoms with Crippen LogP contribution >= 0.6 is 0 Å².